The maximum atomic E-state index is 2.46. The van der Waals surface area contributed by atoms with Crippen molar-refractivity contribution in [3.8, 4) is 0 Å². The molecule has 0 bridgehead atoms. The van der Waals surface area contributed by atoms with Gasteiger partial charge in [-0.2, -0.15) is 0 Å². The van der Waals surface area contributed by atoms with Crippen LogP contribution in [0.2, 0.25) is 0 Å². The maximum absolute atomic E-state index is 2.46. The normalized spacial score (nSPS) is 31.6. The van der Waals surface area contributed by atoms with E-state index in [4.69, 9.17) is 0 Å². The molecule has 0 aromatic rings. The van der Waals surface area contributed by atoms with E-state index in [1.165, 1.54) is 25.7 Å². The second kappa shape index (κ2) is 3.16. The van der Waals surface area contributed by atoms with E-state index in [2.05, 4.69) is 27.7 Å². The Hall–Kier alpha value is 0. The van der Waals surface area contributed by atoms with Crippen LogP contribution >= 0.6 is 0 Å². The molecule has 0 aromatic carbocycles. The first-order chi connectivity index (χ1) is 5.12. The fraction of sp³-hybridized carbons (Fsp3) is 1.00. The van der Waals surface area contributed by atoms with E-state index in [0.717, 1.165) is 11.8 Å². The molecule has 0 radical (unpaired) electrons. The molecule has 0 spiro atoms. The Morgan fingerprint density at radius 2 is 1.64 bits per heavy atom. The molecule has 0 atom stereocenters. The molecule has 1 aliphatic rings. The fourth-order valence-electron chi connectivity index (χ4n) is 2.30. The van der Waals surface area contributed by atoms with Crippen LogP contribution in [0.25, 0.3) is 0 Å². The predicted octanol–water partition coefficient (Wildman–Crippen LogP) is 3.86. The van der Waals surface area contributed by atoms with Crippen LogP contribution in [0.15, 0.2) is 0 Å². The lowest BCUT2D eigenvalue weighted by Crippen LogP contribution is -2.35. The van der Waals surface area contributed by atoms with Crippen LogP contribution in [0, 0.1) is 17.3 Å². The molecule has 0 aliphatic heterocycles. The van der Waals surface area contributed by atoms with Crippen molar-refractivity contribution in [2.45, 2.75) is 53.4 Å². The Morgan fingerprint density at radius 1 is 1.18 bits per heavy atom. The molecule has 1 aliphatic carbocycles. The van der Waals surface area contributed by atoms with Gasteiger partial charge in [-0.05, 0) is 30.1 Å². The largest absolute Gasteiger partial charge is 0.0649 e. The first-order valence-corrected chi connectivity index (χ1v) is 5.12. The summed E-state index contributed by atoms with van der Waals surface area (Å²) in [6.07, 6.45) is 5.69. The molecule has 1 saturated carbocycles. The molecule has 0 N–H and O–H groups in total. The van der Waals surface area contributed by atoms with Gasteiger partial charge in [-0.1, -0.05) is 40.5 Å². The standard InChI is InChI=1S/C11H22/c1-5-11(4,6-2)10-7-9(3)8-10/h9-10H,5-8H2,1-4H3. The predicted molar refractivity (Wildman–Crippen MR) is 50.6 cm³/mol. The van der Waals surface area contributed by atoms with Gasteiger partial charge in [0.25, 0.3) is 0 Å². The lowest BCUT2D eigenvalue weighted by Gasteiger charge is -2.45. The minimum absolute atomic E-state index is 0.659. The molecule has 0 amide bonds. The van der Waals surface area contributed by atoms with Crippen LogP contribution in [-0.4, -0.2) is 0 Å². The zero-order valence-corrected chi connectivity index (χ0v) is 8.48. The van der Waals surface area contributed by atoms with Gasteiger partial charge in [0.2, 0.25) is 0 Å². The van der Waals surface area contributed by atoms with Gasteiger partial charge in [-0.15, -0.1) is 0 Å². The zero-order valence-electron chi connectivity index (χ0n) is 8.48. The molecular formula is C11H22. The van der Waals surface area contributed by atoms with Gasteiger partial charge < -0.3 is 0 Å². The monoisotopic (exact) mass is 154 g/mol. The summed E-state index contributed by atoms with van der Waals surface area (Å²) in [5, 5.41) is 0. The first kappa shape index (κ1) is 9.09. The average Bonchev–Trinajstić information content (AvgIpc) is 1.98. The van der Waals surface area contributed by atoms with E-state index in [1.807, 2.05) is 0 Å². The van der Waals surface area contributed by atoms with E-state index in [-0.39, 0.29) is 0 Å². The van der Waals surface area contributed by atoms with Crippen molar-refractivity contribution in [3.63, 3.8) is 0 Å². The summed E-state index contributed by atoms with van der Waals surface area (Å²) in [4.78, 5) is 0. The van der Waals surface area contributed by atoms with Crippen LogP contribution in [-0.2, 0) is 0 Å². The first-order valence-electron chi connectivity index (χ1n) is 5.12. The van der Waals surface area contributed by atoms with E-state index in [9.17, 15) is 0 Å². The SMILES string of the molecule is CCC(C)(CC)C1CC(C)C1. The summed E-state index contributed by atoms with van der Waals surface area (Å²) in [6, 6.07) is 0. The van der Waals surface area contributed by atoms with Crippen molar-refractivity contribution in [1.82, 2.24) is 0 Å². The summed E-state index contributed by atoms with van der Waals surface area (Å²) in [5.74, 6) is 2.05. The molecule has 0 nitrogen and oxygen atoms in total. The van der Waals surface area contributed by atoms with E-state index < -0.39 is 0 Å². The summed E-state index contributed by atoms with van der Waals surface area (Å²) in [5.41, 5.74) is 0.659. The summed E-state index contributed by atoms with van der Waals surface area (Å²) in [7, 11) is 0. The van der Waals surface area contributed by atoms with Crippen molar-refractivity contribution in [2.75, 3.05) is 0 Å². The molecule has 66 valence electrons. The van der Waals surface area contributed by atoms with Gasteiger partial charge in [0.15, 0.2) is 0 Å². The van der Waals surface area contributed by atoms with Crippen LogP contribution in [0.5, 0.6) is 0 Å². The molecule has 0 unspecified atom stereocenters. The van der Waals surface area contributed by atoms with E-state index >= 15 is 0 Å². The van der Waals surface area contributed by atoms with Gasteiger partial charge in [-0.25, -0.2) is 0 Å². The molecule has 1 rings (SSSR count). The van der Waals surface area contributed by atoms with Crippen molar-refractivity contribution in [2.24, 2.45) is 17.3 Å². The minimum Gasteiger partial charge on any atom is -0.0649 e. The van der Waals surface area contributed by atoms with Gasteiger partial charge in [0, 0.05) is 0 Å². The number of hydrogen-bond donors (Lipinski definition) is 0. The molecule has 0 saturated heterocycles. The van der Waals surface area contributed by atoms with Crippen molar-refractivity contribution >= 4 is 0 Å². The number of rotatable bonds is 3. The maximum Gasteiger partial charge on any atom is -0.0303 e. The summed E-state index contributed by atoms with van der Waals surface area (Å²) < 4.78 is 0. The summed E-state index contributed by atoms with van der Waals surface area (Å²) in [6.45, 7) is 9.52. The molecule has 0 aromatic heterocycles. The molecular weight excluding hydrogens is 132 g/mol. The third kappa shape index (κ3) is 1.60. The molecule has 0 heteroatoms. The Bertz CT molecular complexity index is 116. The molecule has 11 heavy (non-hydrogen) atoms. The lowest BCUT2D eigenvalue weighted by molar-refractivity contribution is 0.0496. The van der Waals surface area contributed by atoms with Gasteiger partial charge in [0.05, 0.1) is 0 Å². The quantitative estimate of drug-likeness (QED) is 0.579. The Kier molecular flexibility index (Phi) is 2.61. The Morgan fingerprint density at radius 3 is 1.91 bits per heavy atom. The van der Waals surface area contributed by atoms with Crippen molar-refractivity contribution in [3.05, 3.63) is 0 Å². The van der Waals surface area contributed by atoms with E-state index in [0.29, 0.717) is 5.41 Å². The smallest absolute Gasteiger partial charge is 0.0303 e. The highest BCUT2D eigenvalue weighted by Crippen LogP contribution is 2.48. The van der Waals surface area contributed by atoms with Gasteiger partial charge in [-0.3, -0.25) is 0 Å². The van der Waals surface area contributed by atoms with E-state index in [1.54, 1.807) is 0 Å². The second-order valence-electron chi connectivity index (χ2n) is 4.63. The zero-order chi connectivity index (χ0) is 8.48. The highest BCUT2D eigenvalue weighted by molar-refractivity contribution is 4.88. The Balaban J connectivity index is 2.43. The van der Waals surface area contributed by atoms with Crippen LogP contribution < -0.4 is 0 Å². The second-order valence-corrected chi connectivity index (χ2v) is 4.63. The highest BCUT2D eigenvalue weighted by atomic mass is 14.4. The van der Waals surface area contributed by atoms with Gasteiger partial charge >= 0.3 is 0 Å². The van der Waals surface area contributed by atoms with Crippen LogP contribution in [0.1, 0.15) is 53.4 Å². The van der Waals surface area contributed by atoms with Gasteiger partial charge in [0.1, 0.15) is 0 Å². The molecule has 0 heterocycles. The Labute approximate surface area is 71.4 Å². The van der Waals surface area contributed by atoms with Crippen molar-refractivity contribution < 1.29 is 0 Å². The highest BCUT2D eigenvalue weighted by Gasteiger charge is 2.38. The van der Waals surface area contributed by atoms with Crippen LogP contribution in [0.3, 0.4) is 0 Å². The molecule has 1 fully saturated rings. The minimum atomic E-state index is 0.659. The lowest BCUT2D eigenvalue weighted by atomic mass is 9.60. The fourth-order valence-corrected chi connectivity index (χ4v) is 2.30. The van der Waals surface area contributed by atoms with Crippen molar-refractivity contribution in [1.29, 1.82) is 0 Å². The third-order valence-corrected chi connectivity index (χ3v) is 3.97. The third-order valence-electron chi connectivity index (χ3n) is 3.97. The number of hydrogen-bond acceptors (Lipinski definition) is 0. The average molecular weight is 154 g/mol. The van der Waals surface area contributed by atoms with Crippen LogP contribution in [0.4, 0.5) is 0 Å². The summed E-state index contributed by atoms with van der Waals surface area (Å²) >= 11 is 0. The topological polar surface area (TPSA) is 0 Å².